The number of hydrogen-bond acceptors (Lipinski definition) is 6. The molecule has 54 heavy (non-hydrogen) atoms. The van der Waals surface area contributed by atoms with Crippen LogP contribution in [0.1, 0.15) is 25.0 Å². The van der Waals surface area contributed by atoms with E-state index < -0.39 is 0 Å². The minimum atomic E-state index is -0.148. The Morgan fingerprint density at radius 2 is 1.07 bits per heavy atom. The van der Waals surface area contributed by atoms with Crippen LogP contribution in [0.4, 0.5) is 0 Å². The Kier molecular flexibility index (Phi) is 6.49. The molecule has 1 aliphatic carbocycles. The van der Waals surface area contributed by atoms with E-state index in [9.17, 15) is 0 Å². The number of benzene rings is 7. The van der Waals surface area contributed by atoms with Crippen LogP contribution in [0.15, 0.2) is 156 Å². The Morgan fingerprint density at radius 1 is 0.407 bits per heavy atom. The van der Waals surface area contributed by atoms with E-state index in [-0.39, 0.29) is 5.41 Å². The van der Waals surface area contributed by atoms with Crippen molar-refractivity contribution in [1.29, 1.82) is 0 Å². The predicted molar refractivity (Wildman–Crippen MR) is 213 cm³/mol. The summed E-state index contributed by atoms with van der Waals surface area (Å²) in [7, 11) is 0. The normalized spacial score (nSPS) is 13.4. The number of furan rings is 1. The van der Waals surface area contributed by atoms with Gasteiger partial charge in [0.05, 0.1) is 0 Å². The van der Waals surface area contributed by atoms with Crippen LogP contribution in [0, 0.1) is 0 Å². The topological polar surface area (TPSA) is 70.3 Å². The van der Waals surface area contributed by atoms with Crippen molar-refractivity contribution in [2.24, 2.45) is 0 Å². The van der Waals surface area contributed by atoms with Gasteiger partial charge in [-0.25, -0.2) is 15.0 Å². The molecule has 6 heteroatoms. The van der Waals surface area contributed by atoms with Crippen molar-refractivity contribution in [1.82, 2.24) is 15.0 Å². The monoisotopic (exact) mass is 697 g/mol. The second-order valence-corrected chi connectivity index (χ2v) is 14.4. The first-order chi connectivity index (χ1) is 26.5. The van der Waals surface area contributed by atoms with Crippen molar-refractivity contribution >= 4 is 21.9 Å². The summed E-state index contributed by atoms with van der Waals surface area (Å²) in [6.07, 6.45) is 0. The van der Waals surface area contributed by atoms with Gasteiger partial charge in [0, 0.05) is 38.4 Å². The van der Waals surface area contributed by atoms with E-state index in [1.54, 1.807) is 0 Å². The van der Waals surface area contributed by atoms with Gasteiger partial charge in [0.2, 0.25) is 0 Å². The van der Waals surface area contributed by atoms with Crippen molar-refractivity contribution in [2.45, 2.75) is 19.3 Å². The van der Waals surface area contributed by atoms with Crippen LogP contribution < -0.4 is 9.47 Å². The highest BCUT2D eigenvalue weighted by molar-refractivity contribution is 6.05. The van der Waals surface area contributed by atoms with Crippen molar-refractivity contribution < 1.29 is 13.9 Å². The van der Waals surface area contributed by atoms with Gasteiger partial charge in [0.15, 0.2) is 40.5 Å². The maximum atomic E-state index is 6.83. The first-order valence-corrected chi connectivity index (χ1v) is 18.1. The van der Waals surface area contributed by atoms with Gasteiger partial charge >= 0.3 is 0 Å². The highest BCUT2D eigenvalue weighted by atomic mass is 16.6. The molecule has 9 aromatic rings. The van der Waals surface area contributed by atoms with E-state index in [1.165, 1.54) is 22.3 Å². The van der Waals surface area contributed by atoms with Crippen LogP contribution in [0.2, 0.25) is 0 Å². The van der Waals surface area contributed by atoms with E-state index >= 15 is 0 Å². The minimum Gasteiger partial charge on any atom is -0.456 e. The fourth-order valence-corrected chi connectivity index (χ4v) is 8.13. The number of nitrogens with zero attached hydrogens (tertiary/aromatic N) is 3. The zero-order valence-corrected chi connectivity index (χ0v) is 29.5. The first kappa shape index (κ1) is 30.6. The fourth-order valence-electron chi connectivity index (χ4n) is 8.13. The zero-order valence-electron chi connectivity index (χ0n) is 29.5. The van der Waals surface area contributed by atoms with Gasteiger partial charge in [-0.05, 0) is 64.2 Å². The van der Waals surface area contributed by atoms with Crippen LogP contribution >= 0.6 is 0 Å². The second-order valence-electron chi connectivity index (χ2n) is 14.4. The molecule has 0 unspecified atom stereocenters. The summed E-state index contributed by atoms with van der Waals surface area (Å²) in [6.45, 7) is 4.54. The highest BCUT2D eigenvalue weighted by Gasteiger charge is 2.37. The molecule has 0 radical (unpaired) electrons. The molecule has 2 aliphatic rings. The van der Waals surface area contributed by atoms with E-state index in [4.69, 9.17) is 28.8 Å². The number of aromatic nitrogens is 3. The van der Waals surface area contributed by atoms with E-state index in [1.807, 2.05) is 78.9 Å². The maximum absolute atomic E-state index is 6.83. The molecule has 0 spiro atoms. The summed E-state index contributed by atoms with van der Waals surface area (Å²) in [5.41, 5.74) is 10.8. The van der Waals surface area contributed by atoms with E-state index in [2.05, 4.69) is 86.6 Å². The average Bonchev–Trinajstić information content (AvgIpc) is 3.70. The Labute approximate surface area is 311 Å². The first-order valence-electron chi connectivity index (χ1n) is 18.1. The minimum absolute atomic E-state index is 0.148. The average molecular weight is 698 g/mol. The van der Waals surface area contributed by atoms with Gasteiger partial charge in [0.25, 0.3) is 0 Å². The molecule has 11 rings (SSSR count). The van der Waals surface area contributed by atoms with Gasteiger partial charge < -0.3 is 13.9 Å². The van der Waals surface area contributed by atoms with Crippen molar-refractivity contribution in [3.63, 3.8) is 0 Å². The molecule has 0 saturated carbocycles. The smallest absolute Gasteiger partial charge is 0.177 e. The largest absolute Gasteiger partial charge is 0.456 e. The Morgan fingerprint density at radius 3 is 1.94 bits per heavy atom. The number of para-hydroxylation sites is 2. The van der Waals surface area contributed by atoms with Crippen molar-refractivity contribution in [2.75, 3.05) is 0 Å². The molecule has 6 nitrogen and oxygen atoms in total. The third-order valence-corrected chi connectivity index (χ3v) is 10.8. The van der Waals surface area contributed by atoms with Gasteiger partial charge in [-0.2, -0.15) is 0 Å². The lowest BCUT2D eigenvalue weighted by atomic mass is 9.82. The molecule has 0 atom stereocenters. The van der Waals surface area contributed by atoms with E-state index in [0.29, 0.717) is 40.5 Å². The fraction of sp³-hybridized carbons (Fsp3) is 0.0625. The Balaban J connectivity index is 1.05. The molecule has 256 valence electrons. The molecule has 7 aromatic carbocycles. The quantitative estimate of drug-likeness (QED) is 0.182. The summed E-state index contributed by atoms with van der Waals surface area (Å²) in [5.74, 6) is 4.38. The molecule has 2 aromatic heterocycles. The molecular formula is C48H31N3O3. The third kappa shape index (κ3) is 4.63. The van der Waals surface area contributed by atoms with Crippen LogP contribution in [-0.4, -0.2) is 15.0 Å². The standard InChI is InChI=1S/C48H31N3O3/c1-48(2)37-20-10-8-16-31(37)36-26-42-43(27-38(36)48)53-40-22-12-19-34(44(40)54-42)30-15-6-7-18-35(30)47-50-45(28-13-4-3-5-14-28)49-46(51-47)29-23-24-33-32-17-9-11-21-39(32)52-41(33)25-29/h3-27H,1-2H3. The number of ether oxygens (including phenoxy) is 2. The second kappa shape index (κ2) is 11.5. The Hall–Kier alpha value is -7.05. The van der Waals surface area contributed by atoms with Gasteiger partial charge in [0.1, 0.15) is 11.2 Å². The van der Waals surface area contributed by atoms with Gasteiger partial charge in [-0.15, -0.1) is 0 Å². The summed E-state index contributed by atoms with van der Waals surface area (Å²) < 4.78 is 19.7. The van der Waals surface area contributed by atoms with Crippen LogP contribution in [0.5, 0.6) is 23.0 Å². The SMILES string of the molecule is CC1(C)c2ccccc2-c2cc3c(cc21)Oc1cccc(-c2ccccc2-c2nc(-c4ccccc4)nc(-c4ccc5c(c4)oc4ccccc45)n2)c1O3. The lowest BCUT2D eigenvalue weighted by Crippen LogP contribution is -2.15. The zero-order chi connectivity index (χ0) is 36.0. The summed E-state index contributed by atoms with van der Waals surface area (Å²) >= 11 is 0. The molecule has 0 N–H and O–H groups in total. The summed E-state index contributed by atoms with van der Waals surface area (Å²) in [4.78, 5) is 15.2. The molecular weight excluding hydrogens is 667 g/mol. The van der Waals surface area contributed by atoms with Crippen LogP contribution in [-0.2, 0) is 5.41 Å². The lowest BCUT2D eigenvalue weighted by Gasteiger charge is -2.26. The predicted octanol–water partition coefficient (Wildman–Crippen LogP) is 12.6. The van der Waals surface area contributed by atoms with Gasteiger partial charge in [-0.3, -0.25) is 0 Å². The maximum Gasteiger partial charge on any atom is 0.177 e. The third-order valence-electron chi connectivity index (χ3n) is 10.8. The Bertz CT molecular complexity index is 2980. The molecule has 1 aliphatic heterocycles. The molecule has 3 heterocycles. The molecule has 0 fully saturated rings. The van der Waals surface area contributed by atoms with Crippen molar-refractivity contribution in [3.05, 3.63) is 163 Å². The molecule has 0 amide bonds. The number of fused-ring (bicyclic) bond motifs is 8. The van der Waals surface area contributed by atoms with Crippen LogP contribution in [0.3, 0.4) is 0 Å². The van der Waals surface area contributed by atoms with Crippen molar-refractivity contribution in [3.8, 4) is 79.4 Å². The van der Waals surface area contributed by atoms with Crippen LogP contribution in [0.25, 0.3) is 78.4 Å². The van der Waals surface area contributed by atoms with Gasteiger partial charge in [-0.1, -0.05) is 129 Å². The summed E-state index contributed by atoms with van der Waals surface area (Å²) in [5, 5.41) is 2.13. The number of hydrogen-bond donors (Lipinski definition) is 0. The lowest BCUT2D eigenvalue weighted by molar-refractivity contribution is 0.360. The molecule has 0 bridgehead atoms. The molecule has 0 saturated heterocycles. The number of rotatable bonds is 4. The van der Waals surface area contributed by atoms with E-state index in [0.717, 1.165) is 49.8 Å². The summed E-state index contributed by atoms with van der Waals surface area (Å²) in [6, 6.07) is 51.3. The highest BCUT2D eigenvalue weighted by Crippen LogP contribution is 2.56.